The van der Waals surface area contributed by atoms with Crippen LogP contribution in [0.3, 0.4) is 0 Å². The monoisotopic (exact) mass is 224 g/mol. The van der Waals surface area contributed by atoms with Crippen LogP contribution in [0.15, 0.2) is 46.7 Å². The Hall–Kier alpha value is -0.930. The zero-order valence-corrected chi connectivity index (χ0v) is 9.61. The molecule has 0 amide bonds. The van der Waals surface area contributed by atoms with Gasteiger partial charge in [0.05, 0.1) is 16.9 Å². The fourth-order valence-corrected chi connectivity index (χ4v) is 2.09. The van der Waals surface area contributed by atoms with E-state index in [-0.39, 0.29) is 0 Å². The predicted octanol–water partition coefficient (Wildman–Crippen LogP) is 2.47. The van der Waals surface area contributed by atoms with Gasteiger partial charge in [-0.05, 0) is 24.6 Å². The van der Waals surface area contributed by atoms with E-state index in [4.69, 9.17) is 0 Å². The van der Waals surface area contributed by atoms with Crippen molar-refractivity contribution < 1.29 is 9.32 Å². The van der Waals surface area contributed by atoms with Gasteiger partial charge in [-0.1, -0.05) is 31.5 Å². The largest absolute Gasteiger partial charge is 0.389 e. The lowest BCUT2D eigenvalue weighted by Crippen LogP contribution is -2.01. The van der Waals surface area contributed by atoms with Crippen LogP contribution in [-0.2, 0) is 10.8 Å². The quantitative estimate of drug-likeness (QED) is 0.834. The third-order valence-electron chi connectivity index (χ3n) is 1.98. The molecule has 1 rings (SSSR count). The molecule has 0 aromatic heterocycles. The summed E-state index contributed by atoms with van der Waals surface area (Å²) in [6.07, 6.45) is 2.75. The molecule has 1 aromatic rings. The van der Waals surface area contributed by atoms with Gasteiger partial charge in [0.2, 0.25) is 0 Å². The number of aliphatic hydroxyl groups is 1. The zero-order chi connectivity index (χ0) is 11.1. The first-order valence-corrected chi connectivity index (χ1v) is 6.27. The molecule has 2 nitrogen and oxygen atoms in total. The molecule has 0 aliphatic heterocycles. The van der Waals surface area contributed by atoms with Gasteiger partial charge in [-0.15, -0.1) is 0 Å². The fourth-order valence-electron chi connectivity index (χ4n) is 1.19. The van der Waals surface area contributed by atoms with Crippen molar-refractivity contribution in [2.75, 3.05) is 0 Å². The lowest BCUT2D eigenvalue weighted by Gasteiger charge is -2.01. The van der Waals surface area contributed by atoms with Gasteiger partial charge < -0.3 is 5.11 Å². The summed E-state index contributed by atoms with van der Waals surface area (Å²) in [7, 11) is -1.15. The Balaban J connectivity index is 2.56. The third-order valence-corrected chi connectivity index (χ3v) is 3.13. The van der Waals surface area contributed by atoms with Crippen molar-refractivity contribution in [1.82, 2.24) is 0 Å². The van der Waals surface area contributed by atoms with E-state index in [1.165, 1.54) is 0 Å². The van der Waals surface area contributed by atoms with Gasteiger partial charge in [0.25, 0.3) is 0 Å². The normalized spacial score (nSPS) is 15.3. The molecule has 82 valence electrons. The van der Waals surface area contributed by atoms with Crippen molar-refractivity contribution in [2.45, 2.75) is 30.8 Å². The van der Waals surface area contributed by atoms with Crippen LogP contribution in [0.25, 0.3) is 0 Å². The van der Waals surface area contributed by atoms with Gasteiger partial charge >= 0.3 is 0 Å². The van der Waals surface area contributed by atoms with Crippen molar-refractivity contribution in [2.24, 2.45) is 0 Å². The highest BCUT2D eigenvalue weighted by Crippen LogP contribution is 2.07. The summed E-state index contributed by atoms with van der Waals surface area (Å²) in [6, 6.07) is 9.21. The maximum atomic E-state index is 11.7. The summed E-state index contributed by atoms with van der Waals surface area (Å²) in [5.74, 6) is 0. The number of benzene rings is 1. The fraction of sp³-hybridized carbons (Fsp3) is 0.333. The van der Waals surface area contributed by atoms with Crippen molar-refractivity contribution in [3.63, 3.8) is 0 Å². The van der Waals surface area contributed by atoms with Crippen LogP contribution in [-0.4, -0.2) is 15.4 Å². The summed E-state index contributed by atoms with van der Waals surface area (Å²) < 4.78 is 11.7. The molecule has 0 aliphatic carbocycles. The van der Waals surface area contributed by atoms with E-state index in [0.717, 1.165) is 11.3 Å². The van der Waals surface area contributed by atoms with Gasteiger partial charge in [0.15, 0.2) is 0 Å². The first-order chi connectivity index (χ1) is 7.24. The maximum Gasteiger partial charge on any atom is 0.0773 e. The van der Waals surface area contributed by atoms with Crippen molar-refractivity contribution in [3.05, 3.63) is 41.8 Å². The molecular weight excluding hydrogens is 208 g/mol. The van der Waals surface area contributed by atoms with E-state index in [1.807, 2.05) is 37.3 Å². The number of rotatable bonds is 5. The van der Waals surface area contributed by atoms with Gasteiger partial charge in [-0.25, -0.2) is 4.21 Å². The molecule has 2 atom stereocenters. The van der Waals surface area contributed by atoms with Gasteiger partial charge in [0.1, 0.15) is 0 Å². The number of hydrogen-bond acceptors (Lipinski definition) is 2. The van der Waals surface area contributed by atoms with Crippen LogP contribution in [0, 0.1) is 0 Å². The third kappa shape index (κ3) is 4.40. The highest BCUT2D eigenvalue weighted by molar-refractivity contribution is 7.88. The first-order valence-electron chi connectivity index (χ1n) is 5.06. The molecule has 0 fully saturated rings. The molecule has 0 bridgehead atoms. The number of aliphatic hydroxyl groups excluding tert-OH is 1. The summed E-state index contributed by atoms with van der Waals surface area (Å²) in [6.45, 7) is 2.01. The standard InChI is InChI=1S/C12H16O2S/c1-2-6-11(13)9-10-15(14)12-7-4-3-5-8-12/h3-5,7-11,13H,2,6H2,1H3/b10-9+/t11-,15?/m0/s1. The highest BCUT2D eigenvalue weighted by atomic mass is 32.2. The molecule has 0 saturated carbocycles. The zero-order valence-electron chi connectivity index (χ0n) is 8.80. The second-order valence-corrected chi connectivity index (χ2v) is 4.63. The predicted molar refractivity (Wildman–Crippen MR) is 62.9 cm³/mol. The molecule has 1 unspecified atom stereocenters. The molecule has 1 aromatic carbocycles. The molecule has 1 N–H and O–H groups in total. The Morgan fingerprint density at radius 3 is 2.67 bits per heavy atom. The average Bonchev–Trinajstić information content (AvgIpc) is 2.27. The maximum absolute atomic E-state index is 11.7. The second kappa shape index (κ2) is 6.53. The molecule has 0 spiro atoms. The van der Waals surface area contributed by atoms with E-state index in [1.54, 1.807) is 11.5 Å². The molecule has 0 aliphatic rings. The van der Waals surface area contributed by atoms with E-state index < -0.39 is 16.9 Å². The Bertz CT molecular complexity index is 333. The smallest absolute Gasteiger partial charge is 0.0773 e. The minimum Gasteiger partial charge on any atom is -0.389 e. The lowest BCUT2D eigenvalue weighted by atomic mass is 10.2. The average molecular weight is 224 g/mol. The minimum atomic E-state index is -1.15. The van der Waals surface area contributed by atoms with Crippen molar-refractivity contribution in [1.29, 1.82) is 0 Å². The SMILES string of the molecule is CCC[C@H](O)/C=C/S(=O)c1ccccc1. The van der Waals surface area contributed by atoms with E-state index in [2.05, 4.69) is 0 Å². The van der Waals surface area contributed by atoms with E-state index in [9.17, 15) is 9.32 Å². The summed E-state index contributed by atoms with van der Waals surface area (Å²) >= 11 is 0. The molecule has 0 radical (unpaired) electrons. The Morgan fingerprint density at radius 2 is 2.07 bits per heavy atom. The van der Waals surface area contributed by atoms with Crippen LogP contribution in [0.5, 0.6) is 0 Å². The minimum absolute atomic E-state index is 0.484. The van der Waals surface area contributed by atoms with E-state index >= 15 is 0 Å². The van der Waals surface area contributed by atoms with Crippen LogP contribution in [0.4, 0.5) is 0 Å². The van der Waals surface area contributed by atoms with Crippen molar-refractivity contribution in [3.8, 4) is 0 Å². The molecule has 0 saturated heterocycles. The summed E-state index contributed by atoms with van der Waals surface area (Å²) in [4.78, 5) is 0.762. The highest BCUT2D eigenvalue weighted by Gasteiger charge is 2.00. The Labute approximate surface area is 93.1 Å². The molecule has 15 heavy (non-hydrogen) atoms. The van der Waals surface area contributed by atoms with E-state index in [0.29, 0.717) is 6.42 Å². The molecule has 0 heterocycles. The van der Waals surface area contributed by atoms with Gasteiger partial charge in [0, 0.05) is 10.3 Å². The van der Waals surface area contributed by atoms with Gasteiger partial charge in [-0.2, -0.15) is 0 Å². The molecular formula is C12H16O2S. The van der Waals surface area contributed by atoms with Crippen molar-refractivity contribution >= 4 is 10.8 Å². The second-order valence-electron chi connectivity index (χ2n) is 3.30. The first kappa shape index (κ1) is 12.1. The lowest BCUT2D eigenvalue weighted by molar-refractivity contribution is 0.212. The Morgan fingerprint density at radius 1 is 1.40 bits per heavy atom. The van der Waals surface area contributed by atoms with Crippen LogP contribution in [0.2, 0.25) is 0 Å². The Kier molecular flexibility index (Phi) is 5.29. The summed E-state index contributed by atoms with van der Waals surface area (Å²) in [5.41, 5.74) is 0. The molecule has 3 heteroatoms. The van der Waals surface area contributed by atoms with Gasteiger partial charge in [-0.3, -0.25) is 0 Å². The van der Waals surface area contributed by atoms with Crippen LogP contribution in [0.1, 0.15) is 19.8 Å². The van der Waals surface area contributed by atoms with Crippen LogP contribution < -0.4 is 0 Å². The summed E-state index contributed by atoms with van der Waals surface area (Å²) in [5, 5.41) is 11.0. The van der Waals surface area contributed by atoms with Crippen LogP contribution >= 0.6 is 0 Å². The topological polar surface area (TPSA) is 37.3 Å². The number of hydrogen-bond donors (Lipinski definition) is 1.